The van der Waals surface area contributed by atoms with Crippen LogP contribution in [-0.2, 0) is 5.41 Å². The predicted octanol–water partition coefficient (Wildman–Crippen LogP) is 3.56. The summed E-state index contributed by atoms with van der Waals surface area (Å²) in [6.07, 6.45) is 2.20. The van der Waals surface area contributed by atoms with Crippen LogP contribution in [0.4, 0.5) is 0 Å². The molecule has 2 rings (SSSR count). The Labute approximate surface area is 97.3 Å². The van der Waals surface area contributed by atoms with E-state index in [0.29, 0.717) is 0 Å². The van der Waals surface area contributed by atoms with E-state index in [4.69, 9.17) is 0 Å². The van der Waals surface area contributed by atoms with Crippen LogP contribution in [0.25, 0.3) is 5.65 Å². The Morgan fingerprint density at radius 3 is 2.31 bits per heavy atom. The van der Waals surface area contributed by atoms with Gasteiger partial charge in [-0.25, -0.2) is 4.98 Å². The second-order valence-corrected chi connectivity index (χ2v) is 5.63. The number of rotatable bonds is 0. The highest BCUT2D eigenvalue weighted by Gasteiger charge is 2.18. The summed E-state index contributed by atoms with van der Waals surface area (Å²) in [4.78, 5) is 4.59. The Kier molecular flexibility index (Phi) is 2.33. The van der Waals surface area contributed by atoms with E-state index in [0.717, 1.165) is 11.3 Å². The second-order valence-electron chi connectivity index (χ2n) is 5.63. The molecular weight excluding hydrogens is 196 g/mol. The first kappa shape index (κ1) is 11.2. The lowest BCUT2D eigenvalue weighted by molar-refractivity contribution is 0.585. The monoisotopic (exact) mass is 216 g/mol. The molecular formula is C14H20N2. The Morgan fingerprint density at radius 2 is 1.75 bits per heavy atom. The van der Waals surface area contributed by atoms with Crippen LogP contribution in [0.15, 0.2) is 12.3 Å². The average Bonchev–Trinajstić information content (AvgIpc) is 2.41. The first-order valence-corrected chi connectivity index (χ1v) is 5.77. The molecule has 16 heavy (non-hydrogen) atoms. The largest absolute Gasteiger partial charge is 0.304 e. The molecule has 2 heterocycles. The molecule has 0 radical (unpaired) electrons. The number of aryl methyl sites for hydroxylation is 3. The third kappa shape index (κ3) is 1.62. The average molecular weight is 216 g/mol. The van der Waals surface area contributed by atoms with Gasteiger partial charge >= 0.3 is 0 Å². The minimum Gasteiger partial charge on any atom is -0.304 e. The molecule has 2 heteroatoms. The Hall–Kier alpha value is -1.31. The quantitative estimate of drug-likeness (QED) is 0.658. The predicted molar refractivity (Wildman–Crippen MR) is 68.1 cm³/mol. The molecule has 0 aliphatic heterocycles. The molecule has 0 amide bonds. The molecule has 86 valence electrons. The van der Waals surface area contributed by atoms with E-state index in [1.807, 2.05) is 0 Å². The number of imidazole rings is 1. The molecule has 2 aromatic heterocycles. The smallest absolute Gasteiger partial charge is 0.137 e. The van der Waals surface area contributed by atoms with Crippen LogP contribution in [0, 0.1) is 20.8 Å². The van der Waals surface area contributed by atoms with E-state index in [2.05, 4.69) is 63.2 Å². The summed E-state index contributed by atoms with van der Waals surface area (Å²) in [5.41, 5.74) is 6.31. The number of hydrogen-bond acceptors (Lipinski definition) is 1. The SMILES string of the molecule is Cc1cn2c(C)c(C)nc2cc1C(C)(C)C. The van der Waals surface area contributed by atoms with Gasteiger partial charge in [-0.3, -0.25) is 0 Å². The van der Waals surface area contributed by atoms with Gasteiger partial charge in [0.25, 0.3) is 0 Å². The molecule has 0 unspecified atom stereocenters. The second kappa shape index (κ2) is 3.34. The number of hydrogen-bond donors (Lipinski definition) is 0. The van der Waals surface area contributed by atoms with Crippen molar-refractivity contribution in [3.63, 3.8) is 0 Å². The fourth-order valence-corrected chi connectivity index (χ4v) is 2.23. The summed E-state index contributed by atoms with van der Waals surface area (Å²) in [6, 6.07) is 2.22. The maximum Gasteiger partial charge on any atom is 0.137 e. The molecule has 0 saturated heterocycles. The summed E-state index contributed by atoms with van der Waals surface area (Å²) in [7, 11) is 0. The Morgan fingerprint density at radius 1 is 1.12 bits per heavy atom. The van der Waals surface area contributed by atoms with Gasteiger partial charge in [-0.15, -0.1) is 0 Å². The minimum absolute atomic E-state index is 0.180. The zero-order valence-corrected chi connectivity index (χ0v) is 11.0. The van der Waals surface area contributed by atoms with Crippen LogP contribution >= 0.6 is 0 Å². The summed E-state index contributed by atoms with van der Waals surface area (Å²) in [5.74, 6) is 0. The van der Waals surface area contributed by atoms with Crippen molar-refractivity contribution in [3.05, 3.63) is 34.8 Å². The lowest BCUT2D eigenvalue weighted by Crippen LogP contribution is -2.13. The van der Waals surface area contributed by atoms with Gasteiger partial charge in [0.2, 0.25) is 0 Å². The molecule has 0 saturated carbocycles. The molecule has 0 spiro atoms. The van der Waals surface area contributed by atoms with Crippen molar-refractivity contribution >= 4 is 5.65 Å². The third-order valence-corrected chi connectivity index (χ3v) is 3.24. The lowest BCUT2D eigenvalue weighted by Gasteiger charge is -2.21. The standard InChI is InChI=1S/C14H20N2/c1-9-8-16-11(3)10(2)15-13(16)7-12(9)14(4,5)6/h7-8H,1-6H3. The molecule has 2 nitrogen and oxygen atoms in total. The Balaban J connectivity index is 2.78. The summed E-state index contributed by atoms with van der Waals surface area (Å²) in [6.45, 7) is 13.1. The van der Waals surface area contributed by atoms with Gasteiger partial charge in [0.05, 0.1) is 5.69 Å². The van der Waals surface area contributed by atoms with Crippen molar-refractivity contribution in [3.8, 4) is 0 Å². The van der Waals surface area contributed by atoms with Crippen molar-refractivity contribution in [1.29, 1.82) is 0 Å². The molecule has 0 aliphatic carbocycles. The highest BCUT2D eigenvalue weighted by Crippen LogP contribution is 2.27. The number of pyridine rings is 1. The van der Waals surface area contributed by atoms with E-state index in [1.165, 1.54) is 16.8 Å². The van der Waals surface area contributed by atoms with Crippen LogP contribution in [0.1, 0.15) is 43.3 Å². The van der Waals surface area contributed by atoms with E-state index in [-0.39, 0.29) is 5.41 Å². The lowest BCUT2D eigenvalue weighted by atomic mass is 9.85. The van der Waals surface area contributed by atoms with Crippen molar-refractivity contribution in [1.82, 2.24) is 9.38 Å². The van der Waals surface area contributed by atoms with Crippen LogP contribution in [-0.4, -0.2) is 9.38 Å². The third-order valence-electron chi connectivity index (χ3n) is 3.24. The molecule has 0 N–H and O–H groups in total. The van der Waals surface area contributed by atoms with Gasteiger partial charge in [0, 0.05) is 11.9 Å². The van der Waals surface area contributed by atoms with Crippen LogP contribution in [0.5, 0.6) is 0 Å². The molecule has 0 aromatic carbocycles. The van der Waals surface area contributed by atoms with Gasteiger partial charge in [-0.05, 0) is 43.4 Å². The molecule has 0 fully saturated rings. The van der Waals surface area contributed by atoms with Crippen molar-refractivity contribution in [2.75, 3.05) is 0 Å². The van der Waals surface area contributed by atoms with Gasteiger partial charge < -0.3 is 4.40 Å². The van der Waals surface area contributed by atoms with E-state index >= 15 is 0 Å². The molecule has 0 aliphatic rings. The normalized spacial score (nSPS) is 12.4. The summed E-state index contributed by atoms with van der Waals surface area (Å²) >= 11 is 0. The van der Waals surface area contributed by atoms with E-state index in [9.17, 15) is 0 Å². The maximum absolute atomic E-state index is 4.59. The zero-order valence-electron chi connectivity index (χ0n) is 11.0. The van der Waals surface area contributed by atoms with E-state index in [1.54, 1.807) is 0 Å². The van der Waals surface area contributed by atoms with Crippen LogP contribution in [0.3, 0.4) is 0 Å². The van der Waals surface area contributed by atoms with Crippen molar-refractivity contribution in [2.45, 2.75) is 47.0 Å². The zero-order chi connectivity index (χ0) is 12.1. The molecule has 0 atom stereocenters. The van der Waals surface area contributed by atoms with E-state index < -0.39 is 0 Å². The maximum atomic E-state index is 4.59. The van der Waals surface area contributed by atoms with Gasteiger partial charge in [0.1, 0.15) is 5.65 Å². The molecule has 2 aromatic rings. The number of nitrogens with zero attached hydrogens (tertiary/aromatic N) is 2. The number of fused-ring (bicyclic) bond motifs is 1. The van der Waals surface area contributed by atoms with Gasteiger partial charge in [-0.1, -0.05) is 20.8 Å². The first-order valence-electron chi connectivity index (χ1n) is 5.77. The summed E-state index contributed by atoms with van der Waals surface area (Å²) < 4.78 is 2.18. The first-order chi connectivity index (χ1) is 7.30. The highest BCUT2D eigenvalue weighted by molar-refractivity contribution is 5.49. The fourth-order valence-electron chi connectivity index (χ4n) is 2.23. The van der Waals surface area contributed by atoms with Crippen molar-refractivity contribution < 1.29 is 0 Å². The van der Waals surface area contributed by atoms with Gasteiger partial charge in [0.15, 0.2) is 0 Å². The highest BCUT2D eigenvalue weighted by atomic mass is 15.0. The Bertz CT molecular complexity index is 542. The molecule has 0 bridgehead atoms. The fraction of sp³-hybridized carbons (Fsp3) is 0.500. The topological polar surface area (TPSA) is 17.3 Å². The minimum atomic E-state index is 0.180. The van der Waals surface area contributed by atoms with Crippen LogP contribution in [0.2, 0.25) is 0 Å². The van der Waals surface area contributed by atoms with Crippen LogP contribution < -0.4 is 0 Å². The summed E-state index contributed by atoms with van der Waals surface area (Å²) in [5, 5.41) is 0. The van der Waals surface area contributed by atoms with Crippen molar-refractivity contribution in [2.24, 2.45) is 0 Å². The number of aromatic nitrogens is 2. The van der Waals surface area contributed by atoms with Gasteiger partial charge in [-0.2, -0.15) is 0 Å².